The second-order valence-corrected chi connectivity index (χ2v) is 18.5. The van der Waals surface area contributed by atoms with Crippen LogP contribution < -0.4 is 0 Å². The Balaban J connectivity index is 1.15. The molecule has 0 bridgehead atoms. The number of aromatic nitrogens is 6. The molecule has 0 radical (unpaired) electrons. The van der Waals surface area contributed by atoms with Gasteiger partial charge in [0.05, 0.1) is 28.1 Å². The van der Waals surface area contributed by atoms with Crippen LogP contribution in [0.25, 0.3) is 118 Å². The lowest BCUT2D eigenvalue weighted by Crippen LogP contribution is -2.04. The van der Waals surface area contributed by atoms with Crippen molar-refractivity contribution in [2.24, 2.45) is 0 Å². The number of nitrogens with zero attached hydrogens (tertiary/aromatic N) is 6. The van der Waals surface area contributed by atoms with Crippen LogP contribution in [-0.4, -0.2) is 29.5 Å². The van der Waals surface area contributed by atoms with Crippen LogP contribution in [0.15, 0.2) is 218 Å². The third-order valence-electron chi connectivity index (χ3n) is 13.2. The quantitative estimate of drug-likeness (QED) is 0.144. The fourth-order valence-electron chi connectivity index (χ4n) is 9.99. The van der Waals surface area contributed by atoms with Crippen molar-refractivity contribution in [3.05, 3.63) is 241 Å². The van der Waals surface area contributed by atoms with E-state index in [0.29, 0.717) is 23.3 Å². The summed E-state index contributed by atoms with van der Waals surface area (Å²) in [5, 5.41) is 2.30. The van der Waals surface area contributed by atoms with Crippen molar-refractivity contribution in [3.63, 3.8) is 0 Å². The zero-order valence-electron chi connectivity index (χ0n) is 40.0. The maximum Gasteiger partial charge on any atom is 0.166 e. The van der Waals surface area contributed by atoms with E-state index in [4.69, 9.17) is 24.9 Å². The van der Waals surface area contributed by atoms with Gasteiger partial charge in [-0.25, -0.2) is 24.9 Å². The van der Waals surface area contributed by atoms with Crippen LogP contribution >= 0.6 is 0 Å². The van der Waals surface area contributed by atoms with Gasteiger partial charge in [0.25, 0.3) is 0 Å². The van der Waals surface area contributed by atoms with Gasteiger partial charge in [0.2, 0.25) is 0 Å². The summed E-state index contributed by atoms with van der Waals surface area (Å²) < 4.78 is 2.38. The Bertz CT molecular complexity index is 3690. The Kier molecular flexibility index (Phi) is 11.0. The lowest BCUT2D eigenvalue weighted by Gasteiger charge is -2.17. The molecular weight excluding hydrogens is 865 g/mol. The fourth-order valence-corrected chi connectivity index (χ4v) is 9.99. The molecule has 3 aromatic heterocycles. The van der Waals surface area contributed by atoms with Gasteiger partial charge in [0.15, 0.2) is 23.3 Å². The Labute approximate surface area is 413 Å². The highest BCUT2D eigenvalue weighted by Crippen LogP contribution is 2.41. The molecule has 12 rings (SSSR count). The molecule has 0 aliphatic carbocycles. The monoisotopic (exact) mass is 912 g/mol. The second-order valence-electron chi connectivity index (χ2n) is 18.5. The Morgan fingerprint density at radius 3 is 1.08 bits per heavy atom. The molecule has 0 spiro atoms. The van der Waals surface area contributed by atoms with Gasteiger partial charge in [-0.3, -0.25) is 0 Å². The largest absolute Gasteiger partial charge is 0.308 e. The average molecular weight is 913 g/mol. The van der Waals surface area contributed by atoms with Crippen LogP contribution in [0.4, 0.5) is 0 Å². The Hall–Kier alpha value is -9.13. The molecule has 0 aliphatic heterocycles. The highest BCUT2D eigenvalue weighted by molar-refractivity contribution is 6.12. The predicted molar refractivity (Wildman–Crippen MR) is 292 cm³/mol. The van der Waals surface area contributed by atoms with Crippen molar-refractivity contribution in [1.29, 1.82) is 0 Å². The number of benzene rings is 9. The molecule has 3 heterocycles. The minimum Gasteiger partial charge on any atom is -0.308 e. The Morgan fingerprint density at radius 2 is 0.648 bits per heavy atom. The predicted octanol–water partition coefficient (Wildman–Crippen LogP) is 16.3. The summed E-state index contributed by atoms with van der Waals surface area (Å²) in [5.74, 6) is 2.29. The zero-order valence-corrected chi connectivity index (χ0v) is 40.0. The molecule has 12 aromatic rings. The van der Waals surface area contributed by atoms with Crippen LogP contribution in [0.3, 0.4) is 0 Å². The molecule has 6 nitrogen and oxygen atoms in total. The van der Waals surface area contributed by atoms with E-state index in [1.54, 1.807) is 0 Å². The first kappa shape index (κ1) is 43.2. The van der Waals surface area contributed by atoms with Gasteiger partial charge in [-0.05, 0) is 98.5 Å². The van der Waals surface area contributed by atoms with Crippen LogP contribution in [0.5, 0.6) is 0 Å². The molecule has 0 saturated heterocycles. The summed E-state index contributed by atoms with van der Waals surface area (Å²) in [7, 11) is 0. The van der Waals surface area contributed by atoms with Crippen molar-refractivity contribution < 1.29 is 0 Å². The van der Waals surface area contributed by atoms with E-state index in [9.17, 15) is 0 Å². The Morgan fingerprint density at radius 1 is 0.268 bits per heavy atom. The van der Waals surface area contributed by atoms with Crippen LogP contribution in [-0.2, 0) is 0 Å². The molecule has 0 N–H and O–H groups in total. The fraction of sp³-hybridized carbons (Fsp3) is 0.0615. The van der Waals surface area contributed by atoms with E-state index < -0.39 is 0 Å². The summed E-state index contributed by atoms with van der Waals surface area (Å²) in [5.41, 5.74) is 19.8. The first-order chi connectivity index (χ1) is 34.8. The number of rotatable bonds is 9. The smallest absolute Gasteiger partial charge is 0.166 e. The van der Waals surface area contributed by atoms with Crippen LogP contribution in [0.2, 0.25) is 0 Å². The molecule has 71 heavy (non-hydrogen) atoms. The lowest BCUT2D eigenvalue weighted by atomic mass is 9.97. The van der Waals surface area contributed by atoms with E-state index >= 15 is 0 Å². The van der Waals surface area contributed by atoms with E-state index in [2.05, 4.69) is 154 Å². The van der Waals surface area contributed by atoms with Crippen molar-refractivity contribution in [3.8, 4) is 96.0 Å². The van der Waals surface area contributed by atoms with Gasteiger partial charge in [-0.15, -0.1) is 0 Å². The molecule has 0 saturated carbocycles. The SMILES string of the molecule is Cc1cc(C)cc(-c2ccc3c(c2)c2cc(-c4cc(C)cc(C)c4)ccc2n3-c2ccc(-c3nc(-c4ccccc4)cc(-c4ccccc4)n3)cc2-c2nc(-c3ccccc3)nc(-c3ccccc3)n2)c1. The van der Waals surface area contributed by atoms with Gasteiger partial charge < -0.3 is 4.57 Å². The maximum atomic E-state index is 5.36. The van der Waals surface area contributed by atoms with E-state index in [1.807, 2.05) is 97.1 Å². The zero-order chi connectivity index (χ0) is 48.0. The summed E-state index contributed by atoms with van der Waals surface area (Å²) in [6.45, 7) is 8.67. The topological polar surface area (TPSA) is 69.4 Å². The summed E-state index contributed by atoms with van der Waals surface area (Å²) in [6.07, 6.45) is 0. The van der Waals surface area contributed by atoms with Gasteiger partial charge in [-0.1, -0.05) is 192 Å². The molecular formula is C65H48N6. The van der Waals surface area contributed by atoms with Crippen LogP contribution in [0, 0.1) is 27.7 Å². The summed E-state index contributed by atoms with van der Waals surface area (Å²) in [4.78, 5) is 26.4. The van der Waals surface area contributed by atoms with Crippen molar-refractivity contribution in [2.75, 3.05) is 0 Å². The minimum absolute atomic E-state index is 0.533. The number of hydrogen-bond donors (Lipinski definition) is 0. The van der Waals surface area contributed by atoms with E-state index in [1.165, 1.54) is 33.4 Å². The van der Waals surface area contributed by atoms with Crippen molar-refractivity contribution in [2.45, 2.75) is 27.7 Å². The van der Waals surface area contributed by atoms with Gasteiger partial charge in [0, 0.05) is 44.2 Å². The molecule has 338 valence electrons. The highest BCUT2D eigenvalue weighted by atomic mass is 15.1. The van der Waals surface area contributed by atoms with Gasteiger partial charge in [-0.2, -0.15) is 0 Å². The number of fused-ring (bicyclic) bond motifs is 3. The second kappa shape index (κ2) is 18.1. The minimum atomic E-state index is 0.533. The maximum absolute atomic E-state index is 5.36. The third kappa shape index (κ3) is 8.46. The van der Waals surface area contributed by atoms with E-state index in [0.717, 1.165) is 83.4 Å². The van der Waals surface area contributed by atoms with Crippen molar-refractivity contribution >= 4 is 21.8 Å². The summed E-state index contributed by atoms with van der Waals surface area (Å²) in [6, 6.07) is 76.8. The average Bonchev–Trinajstić information content (AvgIpc) is 3.73. The standard InChI is InChI=1S/C65H48N6/c1-41-31-42(2)34-52(33-41)49-25-28-59-54(37-49)55-38-50(53-35-43(3)32-44(4)36-53)26-29-60(55)71(59)61-30-27-51(64-66-57(45-17-9-5-10-18-45)40-58(67-64)46-19-11-6-12-20-46)39-56(61)65-69-62(47-21-13-7-14-22-47)68-63(70-65)48-23-15-8-16-24-48/h5-40H,1-4H3. The molecule has 9 aromatic carbocycles. The molecule has 0 amide bonds. The number of aryl methyl sites for hydroxylation is 4. The van der Waals surface area contributed by atoms with E-state index in [-0.39, 0.29) is 0 Å². The normalized spacial score (nSPS) is 11.4. The summed E-state index contributed by atoms with van der Waals surface area (Å²) >= 11 is 0. The molecule has 0 aliphatic rings. The lowest BCUT2D eigenvalue weighted by molar-refractivity contribution is 1.06. The van der Waals surface area contributed by atoms with Crippen LogP contribution in [0.1, 0.15) is 22.3 Å². The van der Waals surface area contributed by atoms with Gasteiger partial charge >= 0.3 is 0 Å². The first-order valence-electron chi connectivity index (χ1n) is 24.1. The molecule has 0 fully saturated rings. The third-order valence-corrected chi connectivity index (χ3v) is 13.2. The highest BCUT2D eigenvalue weighted by Gasteiger charge is 2.23. The first-order valence-corrected chi connectivity index (χ1v) is 24.1. The van der Waals surface area contributed by atoms with Gasteiger partial charge in [0.1, 0.15) is 0 Å². The molecule has 6 heteroatoms. The number of hydrogen-bond acceptors (Lipinski definition) is 5. The molecule has 0 unspecified atom stereocenters. The molecule has 0 atom stereocenters. The van der Waals surface area contributed by atoms with Crippen molar-refractivity contribution in [1.82, 2.24) is 29.5 Å².